The van der Waals surface area contributed by atoms with Crippen molar-refractivity contribution in [1.29, 1.82) is 0 Å². The van der Waals surface area contributed by atoms with Crippen molar-refractivity contribution in [3.8, 4) is 0 Å². The van der Waals surface area contributed by atoms with Gasteiger partial charge in [-0.05, 0) is 13.8 Å². The van der Waals surface area contributed by atoms with E-state index in [1.54, 1.807) is 26.0 Å². The molecule has 1 saturated carbocycles. The molecule has 0 aromatic carbocycles. The van der Waals surface area contributed by atoms with Gasteiger partial charge in [0.15, 0.2) is 0 Å². The van der Waals surface area contributed by atoms with Crippen LogP contribution in [0.1, 0.15) is 13.8 Å². The molecule has 4 atom stereocenters. The van der Waals surface area contributed by atoms with Crippen molar-refractivity contribution < 1.29 is 23.5 Å². The molecule has 4 unspecified atom stereocenters. The first kappa shape index (κ1) is 13.1. The van der Waals surface area contributed by atoms with Gasteiger partial charge in [0.2, 0.25) is 0 Å². The number of carbonyl (C=O) groups is 2. The second kappa shape index (κ2) is 5.08. The Bertz CT molecular complexity index is 345. The second-order valence-corrected chi connectivity index (χ2v) is 4.54. The highest BCUT2D eigenvalue weighted by Gasteiger charge is 2.59. The Hall–Kier alpha value is -1.39. The van der Waals surface area contributed by atoms with Crippen molar-refractivity contribution in [3.05, 3.63) is 12.2 Å². The number of halogens is 1. The summed E-state index contributed by atoms with van der Waals surface area (Å²) in [5.74, 6) is -3.60. The average molecular weight is 256 g/mol. The summed E-state index contributed by atoms with van der Waals surface area (Å²) in [5.41, 5.74) is 0. The van der Waals surface area contributed by atoms with Crippen LogP contribution in [0.3, 0.4) is 0 Å². The molecule has 2 aliphatic carbocycles. The summed E-state index contributed by atoms with van der Waals surface area (Å²) in [7, 11) is 0. The predicted molar refractivity (Wildman–Crippen MR) is 61.3 cm³/mol. The van der Waals surface area contributed by atoms with Crippen LogP contribution >= 0.6 is 0 Å². The van der Waals surface area contributed by atoms with E-state index in [9.17, 15) is 14.0 Å². The Balaban J connectivity index is 2.22. The standard InChI is InChI=1S/C13H17FO4/c1-3-17-12(15)9-7-5-6-8(11(7)14)10(9)13(16)18-4-2/h5-11H,3-4H2,1-2H3. The van der Waals surface area contributed by atoms with E-state index in [2.05, 4.69) is 0 Å². The fraction of sp³-hybridized carbons (Fsp3) is 0.692. The molecule has 0 heterocycles. The summed E-state index contributed by atoms with van der Waals surface area (Å²) >= 11 is 0. The van der Waals surface area contributed by atoms with E-state index in [4.69, 9.17) is 9.47 Å². The lowest BCUT2D eigenvalue weighted by Gasteiger charge is -2.23. The Morgan fingerprint density at radius 2 is 1.39 bits per heavy atom. The van der Waals surface area contributed by atoms with Crippen molar-refractivity contribution in [1.82, 2.24) is 0 Å². The number of esters is 2. The molecule has 0 spiro atoms. The normalized spacial score (nSPS) is 36.7. The molecule has 2 aliphatic rings. The van der Waals surface area contributed by atoms with Crippen LogP contribution in [0.4, 0.5) is 4.39 Å². The quantitative estimate of drug-likeness (QED) is 0.565. The topological polar surface area (TPSA) is 52.6 Å². The summed E-state index contributed by atoms with van der Waals surface area (Å²) in [6.07, 6.45) is 2.16. The van der Waals surface area contributed by atoms with Crippen LogP contribution in [0.2, 0.25) is 0 Å². The highest BCUT2D eigenvalue weighted by atomic mass is 19.1. The van der Waals surface area contributed by atoms with E-state index < -0.39 is 41.8 Å². The van der Waals surface area contributed by atoms with Crippen LogP contribution in [-0.4, -0.2) is 31.3 Å². The smallest absolute Gasteiger partial charge is 0.310 e. The summed E-state index contributed by atoms with van der Waals surface area (Å²) in [6, 6.07) is 0. The lowest BCUT2D eigenvalue weighted by molar-refractivity contribution is -0.160. The molecule has 2 bridgehead atoms. The number of allylic oxidation sites excluding steroid dienone is 2. The maximum Gasteiger partial charge on any atom is 0.310 e. The molecule has 100 valence electrons. The zero-order valence-corrected chi connectivity index (χ0v) is 10.5. The zero-order valence-electron chi connectivity index (χ0n) is 10.5. The molecule has 4 nitrogen and oxygen atoms in total. The van der Waals surface area contributed by atoms with Crippen molar-refractivity contribution in [2.24, 2.45) is 23.7 Å². The molecule has 0 radical (unpaired) electrons. The molecule has 0 aromatic rings. The van der Waals surface area contributed by atoms with Crippen LogP contribution in [0, 0.1) is 23.7 Å². The van der Waals surface area contributed by atoms with Gasteiger partial charge in [0.05, 0.1) is 25.0 Å². The van der Waals surface area contributed by atoms with Crippen LogP contribution in [0.15, 0.2) is 12.2 Å². The van der Waals surface area contributed by atoms with Gasteiger partial charge in [-0.3, -0.25) is 9.59 Å². The minimum Gasteiger partial charge on any atom is -0.466 e. The summed E-state index contributed by atoms with van der Waals surface area (Å²) in [5, 5.41) is 0. The maximum atomic E-state index is 14.0. The third-order valence-electron chi connectivity index (χ3n) is 3.62. The largest absolute Gasteiger partial charge is 0.466 e. The first-order valence-corrected chi connectivity index (χ1v) is 6.27. The number of alkyl halides is 1. The maximum absolute atomic E-state index is 14.0. The average Bonchev–Trinajstić information content (AvgIpc) is 2.83. The fourth-order valence-electron chi connectivity index (χ4n) is 2.92. The highest BCUT2D eigenvalue weighted by Crippen LogP contribution is 2.50. The Kier molecular flexibility index (Phi) is 3.68. The number of rotatable bonds is 4. The number of hydrogen-bond donors (Lipinski definition) is 0. The monoisotopic (exact) mass is 256 g/mol. The molecule has 0 N–H and O–H groups in total. The number of hydrogen-bond acceptors (Lipinski definition) is 4. The molecular weight excluding hydrogens is 239 g/mol. The van der Waals surface area contributed by atoms with Gasteiger partial charge in [-0.25, -0.2) is 4.39 Å². The molecule has 0 aliphatic heterocycles. The van der Waals surface area contributed by atoms with Gasteiger partial charge in [-0.2, -0.15) is 0 Å². The number of ether oxygens (including phenoxy) is 2. The summed E-state index contributed by atoms with van der Waals surface area (Å²) in [4.78, 5) is 23.7. The molecule has 0 saturated heterocycles. The Morgan fingerprint density at radius 1 is 1.00 bits per heavy atom. The second-order valence-electron chi connectivity index (χ2n) is 4.54. The van der Waals surface area contributed by atoms with Gasteiger partial charge in [-0.15, -0.1) is 0 Å². The van der Waals surface area contributed by atoms with Gasteiger partial charge in [0.25, 0.3) is 0 Å². The van der Waals surface area contributed by atoms with E-state index >= 15 is 0 Å². The van der Waals surface area contributed by atoms with Gasteiger partial charge >= 0.3 is 11.9 Å². The summed E-state index contributed by atoms with van der Waals surface area (Å²) < 4.78 is 23.9. The number of carbonyl (C=O) groups excluding carboxylic acids is 2. The lowest BCUT2D eigenvalue weighted by atomic mass is 9.83. The van der Waals surface area contributed by atoms with Crippen molar-refractivity contribution in [2.75, 3.05) is 13.2 Å². The fourth-order valence-corrected chi connectivity index (χ4v) is 2.92. The number of fused-ring (bicyclic) bond motifs is 2. The third-order valence-corrected chi connectivity index (χ3v) is 3.62. The first-order valence-electron chi connectivity index (χ1n) is 6.27. The van der Waals surface area contributed by atoms with Crippen molar-refractivity contribution in [3.63, 3.8) is 0 Å². The Labute approximate surface area is 105 Å². The first-order chi connectivity index (χ1) is 8.61. The van der Waals surface area contributed by atoms with Gasteiger partial charge in [0.1, 0.15) is 6.17 Å². The molecule has 0 amide bonds. The van der Waals surface area contributed by atoms with Crippen LogP contribution in [0.5, 0.6) is 0 Å². The van der Waals surface area contributed by atoms with E-state index in [1.165, 1.54) is 0 Å². The molecule has 18 heavy (non-hydrogen) atoms. The van der Waals surface area contributed by atoms with E-state index in [1.807, 2.05) is 0 Å². The van der Waals surface area contributed by atoms with Crippen molar-refractivity contribution in [2.45, 2.75) is 20.0 Å². The Morgan fingerprint density at radius 3 is 1.72 bits per heavy atom. The van der Waals surface area contributed by atoms with Gasteiger partial charge in [0, 0.05) is 11.8 Å². The molecule has 1 fully saturated rings. The minimum atomic E-state index is -1.19. The summed E-state index contributed by atoms with van der Waals surface area (Å²) in [6.45, 7) is 3.83. The third kappa shape index (κ3) is 1.91. The van der Waals surface area contributed by atoms with Gasteiger partial charge < -0.3 is 9.47 Å². The van der Waals surface area contributed by atoms with E-state index in [-0.39, 0.29) is 13.2 Å². The van der Waals surface area contributed by atoms with Crippen LogP contribution in [-0.2, 0) is 19.1 Å². The van der Waals surface area contributed by atoms with Crippen LogP contribution < -0.4 is 0 Å². The molecular formula is C13H17FO4. The van der Waals surface area contributed by atoms with E-state index in [0.717, 1.165) is 0 Å². The van der Waals surface area contributed by atoms with Gasteiger partial charge in [-0.1, -0.05) is 12.2 Å². The molecule has 2 rings (SSSR count). The molecule has 5 heteroatoms. The van der Waals surface area contributed by atoms with Crippen molar-refractivity contribution >= 4 is 11.9 Å². The minimum absolute atomic E-state index is 0.225. The molecule has 0 aromatic heterocycles. The predicted octanol–water partition coefficient (Wildman–Crippen LogP) is 1.50. The lowest BCUT2D eigenvalue weighted by Crippen LogP contribution is -2.35. The SMILES string of the molecule is CCOC(=O)C1C2C=CC(C2F)C1C(=O)OCC. The highest BCUT2D eigenvalue weighted by molar-refractivity contribution is 5.84. The van der Waals surface area contributed by atoms with E-state index in [0.29, 0.717) is 0 Å². The zero-order chi connectivity index (χ0) is 13.3. The van der Waals surface area contributed by atoms with Crippen LogP contribution in [0.25, 0.3) is 0 Å².